The normalized spacial score (nSPS) is 13.5. The third kappa shape index (κ3) is 7.53. The van der Waals surface area contributed by atoms with E-state index >= 15 is 0 Å². The number of anilines is 1. The summed E-state index contributed by atoms with van der Waals surface area (Å²) < 4.78 is 0. The van der Waals surface area contributed by atoms with Crippen molar-refractivity contribution in [2.24, 2.45) is 0 Å². The van der Waals surface area contributed by atoms with Crippen molar-refractivity contribution in [3.05, 3.63) is 102 Å². The molecule has 0 spiro atoms. The molecule has 202 valence electrons. The topological polar surface area (TPSA) is 111 Å². The fraction of sp³-hybridized carbons (Fsp3) is 0.290. The molecule has 3 aromatic rings. The molecule has 39 heavy (non-hydrogen) atoms. The number of amides is 2. The minimum absolute atomic E-state index is 0.0955. The Morgan fingerprint density at radius 3 is 2.46 bits per heavy atom. The minimum atomic E-state index is -1.09. The molecule has 0 aliphatic rings. The Morgan fingerprint density at radius 2 is 1.92 bits per heavy atom. The maximum Gasteiger partial charge on any atom is 0.277 e. The molecule has 3 N–H and O–H groups in total. The molecule has 0 radical (unpaired) electrons. The van der Waals surface area contributed by atoms with Crippen molar-refractivity contribution in [3.8, 4) is 12.3 Å². The number of imidazole rings is 1. The lowest BCUT2D eigenvalue weighted by atomic mass is 9.87. The molecule has 0 aliphatic heterocycles. The van der Waals surface area contributed by atoms with Gasteiger partial charge in [0.2, 0.25) is 5.91 Å². The molecule has 2 atom stereocenters. The van der Waals surface area contributed by atoms with E-state index in [1.165, 1.54) is 17.4 Å². The van der Waals surface area contributed by atoms with E-state index in [2.05, 4.69) is 47.0 Å². The molecule has 8 nitrogen and oxygen atoms in total. The molecule has 2 heterocycles. The molecule has 1 unspecified atom stereocenters. The second-order valence-electron chi connectivity index (χ2n) is 10.1. The first-order chi connectivity index (χ1) is 18.7. The van der Waals surface area contributed by atoms with E-state index in [0.717, 1.165) is 11.1 Å². The van der Waals surface area contributed by atoms with Crippen LogP contribution in [0.3, 0.4) is 0 Å². The largest absolute Gasteiger partial charge is 0.394 e. The first-order valence-electron chi connectivity index (χ1n) is 12.7. The zero-order valence-electron chi connectivity index (χ0n) is 22.8. The van der Waals surface area contributed by atoms with Gasteiger partial charge in [0.25, 0.3) is 5.91 Å². The zero-order chi connectivity index (χ0) is 28.4. The molecule has 0 fully saturated rings. The van der Waals surface area contributed by atoms with E-state index in [1.807, 2.05) is 43.3 Å². The number of carbonyl (C=O) groups excluding carboxylic acids is 2. The predicted molar refractivity (Wildman–Crippen MR) is 153 cm³/mol. The van der Waals surface area contributed by atoms with Crippen LogP contribution in [-0.4, -0.2) is 44.5 Å². The molecule has 0 saturated heterocycles. The van der Waals surface area contributed by atoms with Gasteiger partial charge in [-0.15, -0.1) is 6.42 Å². The summed E-state index contributed by atoms with van der Waals surface area (Å²) in [6.45, 7) is 7.85. The van der Waals surface area contributed by atoms with Crippen LogP contribution in [0.15, 0.2) is 85.1 Å². The van der Waals surface area contributed by atoms with Crippen LogP contribution in [0.25, 0.3) is 0 Å². The number of aromatic nitrogens is 3. The van der Waals surface area contributed by atoms with E-state index in [-0.39, 0.29) is 17.7 Å². The number of allylic oxidation sites excluding steroid dienone is 3. The molecular weight excluding hydrogens is 490 g/mol. The number of carbonyl (C=O) groups is 2. The Bertz CT molecular complexity index is 1330. The SMILES string of the molecule is C#C/C=C(\C=C/C)C[C@H](CO)NC(=O)C(c1cccnc1)N(C(=O)c1cnc[nH]1)c1ccc(C(C)(C)C)cc1. The summed E-state index contributed by atoms with van der Waals surface area (Å²) in [5, 5.41) is 13.0. The number of pyridine rings is 1. The lowest BCUT2D eigenvalue weighted by Crippen LogP contribution is -2.48. The maximum atomic E-state index is 14.0. The van der Waals surface area contributed by atoms with Gasteiger partial charge in [0, 0.05) is 23.6 Å². The van der Waals surface area contributed by atoms with Crippen LogP contribution in [-0.2, 0) is 10.2 Å². The number of hydrogen-bond donors (Lipinski definition) is 3. The minimum Gasteiger partial charge on any atom is -0.394 e. The number of aliphatic hydroxyl groups excluding tert-OH is 1. The molecule has 0 saturated carbocycles. The average Bonchev–Trinajstić information content (AvgIpc) is 3.46. The van der Waals surface area contributed by atoms with Gasteiger partial charge in [-0.3, -0.25) is 19.5 Å². The summed E-state index contributed by atoms with van der Waals surface area (Å²) in [6.07, 6.45) is 17.0. The molecule has 8 heteroatoms. The predicted octanol–water partition coefficient (Wildman–Crippen LogP) is 4.49. The van der Waals surface area contributed by atoms with Gasteiger partial charge in [-0.2, -0.15) is 0 Å². The Morgan fingerprint density at radius 1 is 1.18 bits per heavy atom. The summed E-state index contributed by atoms with van der Waals surface area (Å²) in [5.74, 6) is 1.57. The second-order valence-corrected chi connectivity index (χ2v) is 10.1. The van der Waals surface area contributed by atoms with Crippen molar-refractivity contribution >= 4 is 17.5 Å². The number of nitrogens with zero attached hydrogens (tertiary/aromatic N) is 3. The third-order valence-corrected chi connectivity index (χ3v) is 6.16. The smallest absolute Gasteiger partial charge is 0.277 e. The molecule has 2 amide bonds. The number of aliphatic hydroxyl groups is 1. The second kappa shape index (κ2) is 13.4. The van der Waals surface area contributed by atoms with Gasteiger partial charge in [-0.05, 0) is 54.2 Å². The number of benzene rings is 1. The fourth-order valence-electron chi connectivity index (χ4n) is 4.19. The monoisotopic (exact) mass is 525 g/mol. The number of aromatic amines is 1. The Balaban J connectivity index is 2.08. The van der Waals surface area contributed by atoms with Crippen LogP contribution < -0.4 is 10.2 Å². The van der Waals surface area contributed by atoms with Crippen LogP contribution in [0.1, 0.15) is 61.8 Å². The van der Waals surface area contributed by atoms with Gasteiger partial charge in [0.05, 0.1) is 25.2 Å². The van der Waals surface area contributed by atoms with Crippen molar-refractivity contribution in [1.29, 1.82) is 0 Å². The number of rotatable bonds is 10. The van der Waals surface area contributed by atoms with E-state index in [0.29, 0.717) is 17.7 Å². The van der Waals surface area contributed by atoms with Crippen molar-refractivity contribution in [2.75, 3.05) is 11.5 Å². The van der Waals surface area contributed by atoms with E-state index < -0.39 is 23.9 Å². The quantitative estimate of drug-likeness (QED) is 0.267. The van der Waals surface area contributed by atoms with Crippen LogP contribution in [0.2, 0.25) is 0 Å². The highest BCUT2D eigenvalue weighted by atomic mass is 16.3. The first-order valence-corrected chi connectivity index (χ1v) is 12.7. The molecular formula is C31H35N5O3. The van der Waals surface area contributed by atoms with Crippen LogP contribution >= 0.6 is 0 Å². The molecule has 1 aromatic carbocycles. The standard InChI is InChI=1S/C31H35N5O3/c1-6-9-22(10-7-2)17-25(20-37)35-29(38)28(23-11-8-16-32-18-23)36(30(39)27-19-33-21-34-27)26-14-12-24(13-15-26)31(3,4)5/h1,7-16,18-19,21,25,28,37H,17,20H2,2-5H3,(H,33,34)(H,35,38)/b10-7-,22-9+/t25-,28?/m1/s1. The molecule has 0 bridgehead atoms. The summed E-state index contributed by atoms with van der Waals surface area (Å²) in [5.41, 5.74) is 3.02. The van der Waals surface area contributed by atoms with Crippen LogP contribution in [0, 0.1) is 12.3 Å². The van der Waals surface area contributed by atoms with E-state index in [9.17, 15) is 14.7 Å². The van der Waals surface area contributed by atoms with Crippen molar-refractivity contribution in [1.82, 2.24) is 20.3 Å². The average molecular weight is 526 g/mol. The van der Waals surface area contributed by atoms with Gasteiger partial charge >= 0.3 is 0 Å². The van der Waals surface area contributed by atoms with Crippen molar-refractivity contribution in [2.45, 2.75) is 51.6 Å². The Labute approximate surface area is 229 Å². The Kier molecular flexibility index (Phi) is 9.96. The Hall–Kier alpha value is -4.48. The highest BCUT2D eigenvalue weighted by molar-refractivity contribution is 6.09. The molecule has 0 aliphatic carbocycles. The fourth-order valence-corrected chi connectivity index (χ4v) is 4.19. The molecule has 3 rings (SSSR count). The zero-order valence-corrected chi connectivity index (χ0v) is 22.8. The molecule has 2 aromatic heterocycles. The number of H-pyrrole nitrogens is 1. The van der Waals surface area contributed by atoms with Crippen molar-refractivity contribution in [3.63, 3.8) is 0 Å². The van der Waals surface area contributed by atoms with Crippen LogP contribution in [0.5, 0.6) is 0 Å². The van der Waals surface area contributed by atoms with Gasteiger partial charge in [0.15, 0.2) is 0 Å². The maximum absolute atomic E-state index is 14.0. The van der Waals surface area contributed by atoms with E-state index in [1.54, 1.807) is 30.6 Å². The highest BCUT2D eigenvalue weighted by Crippen LogP contribution is 2.32. The summed E-state index contributed by atoms with van der Waals surface area (Å²) >= 11 is 0. The van der Waals surface area contributed by atoms with Gasteiger partial charge < -0.3 is 15.4 Å². The van der Waals surface area contributed by atoms with Gasteiger partial charge in [-0.1, -0.05) is 57.0 Å². The van der Waals surface area contributed by atoms with Gasteiger partial charge in [-0.25, -0.2) is 4.98 Å². The van der Waals surface area contributed by atoms with Crippen molar-refractivity contribution < 1.29 is 14.7 Å². The summed E-state index contributed by atoms with van der Waals surface area (Å²) in [6, 6.07) is 9.28. The lowest BCUT2D eigenvalue weighted by molar-refractivity contribution is -0.123. The lowest BCUT2D eigenvalue weighted by Gasteiger charge is -2.32. The summed E-state index contributed by atoms with van der Waals surface area (Å²) in [4.78, 5) is 40.3. The van der Waals surface area contributed by atoms with Crippen LogP contribution in [0.4, 0.5) is 5.69 Å². The third-order valence-electron chi connectivity index (χ3n) is 6.16. The van der Waals surface area contributed by atoms with Gasteiger partial charge in [0.1, 0.15) is 11.7 Å². The first kappa shape index (κ1) is 29.1. The number of hydrogen-bond acceptors (Lipinski definition) is 5. The number of terminal acetylenes is 1. The van der Waals surface area contributed by atoms with E-state index in [4.69, 9.17) is 6.42 Å². The summed E-state index contributed by atoms with van der Waals surface area (Å²) in [7, 11) is 0. The highest BCUT2D eigenvalue weighted by Gasteiger charge is 2.35. The number of nitrogens with one attached hydrogen (secondary N) is 2.